The molecule has 0 bridgehead atoms. The summed E-state index contributed by atoms with van der Waals surface area (Å²) >= 11 is 3.38. The number of nitrogens with zero attached hydrogens (tertiary/aromatic N) is 1. The third kappa shape index (κ3) is 2.21. The molecule has 1 aromatic carbocycles. The summed E-state index contributed by atoms with van der Waals surface area (Å²) in [4.78, 5) is 25.5. The van der Waals surface area contributed by atoms with Crippen molar-refractivity contribution in [1.82, 2.24) is 0 Å². The first kappa shape index (κ1) is 13.3. The van der Waals surface area contributed by atoms with E-state index in [1.807, 2.05) is 6.07 Å². The lowest BCUT2D eigenvalue weighted by molar-refractivity contribution is -0.114. The minimum Gasteiger partial charge on any atom is -0.304 e. The first-order valence-electron chi connectivity index (χ1n) is 6.24. The Balaban J connectivity index is 2.35. The molecule has 0 aromatic heterocycles. The van der Waals surface area contributed by atoms with Crippen molar-refractivity contribution in [2.24, 2.45) is 5.92 Å². The van der Waals surface area contributed by atoms with Crippen LogP contribution >= 0.6 is 15.9 Å². The predicted octanol–water partition coefficient (Wildman–Crippen LogP) is 3.41. The maximum atomic E-state index is 12.0. The fourth-order valence-corrected chi connectivity index (χ4v) is 2.60. The van der Waals surface area contributed by atoms with Crippen LogP contribution in [0.2, 0.25) is 0 Å². The molecule has 1 amide bonds. The van der Waals surface area contributed by atoms with Crippen molar-refractivity contribution in [1.29, 1.82) is 0 Å². The molecule has 0 spiro atoms. The third-order valence-corrected chi connectivity index (χ3v) is 4.02. The molecule has 0 radical (unpaired) electrons. The van der Waals surface area contributed by atoms with Crippen molar-refractivity contribution in [3.05, 3.63) is 28.2 Å². The van der Waals surface area contributed by atoms with Gasteiger partial charge in [-0.2, -0.15) is 0 Å². The summed E-state index contributed by atoms with van der Waals surface area (Å²) < 4.78 is 0.887. The van der Waals surface area contributed by atoms with Crippen molar-refractivity contribution in [2.45, 2.75) is 26.7 Å². The lowest BCUT2D eigenvalue weighted by Gasteiger charge is -2.22. The topological polar surface area (TPSA) is 37.4 Å². The number of hydrogen-bond acceptors (Lipinski definition) is 2. The molecule has 0 N–H and O–H groups in total. The lowest BCUT2D eigenvalue weighted by atomic mass is 10.0. The Labute approximate surface area is 115 Å². The summed E-state index contributed by atoms with van der Waals surface area (Å²) in [6, 6.07) is 5.36. The highest BCUT2D eigenvalue weighted by Gasteiger charge is 2.36. The fourth-order valence-electron chi connectivity index (χ4n) is 2.25. The zero-order valence-electron chi connectivity index (χ0n) is 10.6. The Bertz CT molecular complexity index is 495. The van der Waals surface area contributed by atoms with Gasteiger partial charge in [0.15, 0.2) is 0 Å². The maximum Gasteiger partial charge on any atom is 0.299 e. The van der Waals surface area contributed by atoms with Crippen molar-refractivity contribution in [3.8, 4) is 0 Å². The lowest BCUT2D eigenvalue weighted by Crippen LogP contribution is -2.34. The number of amides is 1. The Morgan fingerprint density at radius 1 is 1.22 bits per heavy atom. The number of hydrogen-bond donors (Lipinski definition) is 0. The van der Waals surface area contributed by atoms with Crippen molar-refractivity contribution in [3.63, 3.8) is 0 Å². The van der Waals surface area contributed by atoms with Crippen molar-refractivity contribution in [2.75, 3.05) is 11.4 Å². The van der Waals surface area contributed by atoms with E-state index >= 15 is 0 Å². The van der Waals surface area contributed by atoms with Gasteiger partial charge in [-0.05, 0) is 24.1 Å². The van der Waals surface area contributed by atoms with Crippen LogP contribution in [-0.2, 0) is 4.79 Å². The highest BCUT2D eigenvalue weighted by molar-refractivity contribution is 9.10. The van der Waals surface area contributed by atoms with E-state index in [2.05, 4.69) is 29.8 Å². The zero-order chi connectivity index (χ0) is 13.3. The van der Waals surface area contributed by atoms with Gasteiger partial charge in [-0.25, -0.2) is 0 Å². The van der Waals surface area contributed by atoms with Crippen LogP contribution < -0.4 is 4.90 Å². The van der Waals surface area contributed by atoms with E-state index in [4.69, 9.17) is 0 Å². The number of ketones is 1. The van der Waals surface area contributed by atoms with Crippen LogP contribution in [0.15, 0.2) is 22.7 Å². The normalized spacial score (nSPS) is 14.6. The molecule has 1 aromatic rings. The van der Waals surface area contributed by atoms with Crippen LogP contribution in [0.1, 0.15) is 37.0 Å². The maximum absolute atomic E-state index is 12.0. The van der Waals surface area contributed by atoms with Gasteiger partial charge in [0.2, 0.25) is 0 Å². The molecular formula is C14H16BrNO2. The SMILES string of the molecule is CCC(CC)CN1C(=O)C(=O)c2ccc(Br)cc21. The largest absolute Gasteiger partial charge is 0.304 e. The first-order valence-corrected chi connectivity index (χ1v) is 7.03. The molecule has 0 saturated carbocycles. The van der Waals surface area contributed by atoms with Crippen molar-refractivity contribution < 1.29 is 9.59 Å². The van der Waals surface area contributed by atoms with Gasteiger partial charge in [-0.1, -0.05) is 42.6 Å². The van der Waals surface area contributed by atoms with Gasteiger partial charge < -0.3 is 4.90 Å². The molecule has 0 saturated heterocycles. The van der Waals surface area contributed by atoms with E-state index in [0.29, 0.717) is 18.0 Å². The molecule has 0 fully saturated rings. The molecule has 4 heteroatoms. The molecule has 0 atom stereocenters. The summed E-state index contributed by atoms with van der Waals surface area (Å²) in [7, 11) is 0. The van der Waals surface area contributed by atoms with Gasteiger partial charge >= 0.3 is 0 Å². The van der Waals surface area contributed by atoms with E-state index in [1.165, 1.54) is 0 Å². The summed E-state index contributed by atoms with van der Waals surface area (Å²) in [6.45, 7) is 4.84. The second-order valence-electron chi connectivity index (χ2n) is 4.59. The fraction of sp³-hybridized carbons (Fsp3) is 0.429. The Hall–Kier alpha value is -1.16. The monoisotopic (exact) mass is 309 g/mol. The van der Waals surface area contributed by atoms with Crippen LogP contribution in [0, 0.1) is 5.92 Å². The molecule has 0 aliphatic carbocycles. The molecular weight excluding hydrogens is 294 g/mol. The predicted molar refractivity (Wildman–Crippen MR) is 74.9 cm³/mol. The van der Waals surface area contributed by atoms with Crippen LogP contribution in [0.25, 0.3) is 0 Å². The Morgan fingerprint density at radius 3 is 2.50 bits per heavy atom. The molecule has 3 nitrogen and oxygen atoms in total. The smallest absolute Gasteiger partial charge is 0.299 e. The number of carbonyl (C=O) groups excluding carboxylic acids is 2. The third-order valence-electron chi connectivity index (χ3n) is 3.53. The summed E-state index contributed by atoms with van der Waals surface area (Å²) in [6.07, 6.45) is 2.02. The molecule has 1 aliphatic heterocycles. The van der Waals surface area contributed by atoms with Crippen LogP contribution in [-0.4, -0.2) is 18.2 Å². The van der Waals surface area contributed by atoms with Gasteiger partial charge in [-0.15, -0.1) is 0 Å². The number of fused-ring (bicyclic) bond motifs is 1. The van der Waals surface area contributed by atoms with E-state index in [9.17, 15) is 9.59 Å². The molecule has 2 rings (SSSR count). The van der Waals surface area contributed by atoms with Crippen LogP contribution in [0.4, 0.5) is 5.69 Å². The van der Waals surface area contributed by atoms with Crippen LogP contribution in [0.5, 0.6) is 0 Å². The van der Waals surface area contributed by atoms with Gasteiger partial charge in [0.1, 0.15) is 0 Å². The van der Waals surface area contributed by atoms with Gasteiger partial charge in [-0.3, -0.25) is 9.59 Å². The van der Waals surface area contributed by atoms with Gasteiger partial charge in [0.05, 0.1) is 11.3 Å². The highest BCUT2D eigenvalue weighted by atomic mass is 79.9. The summed E-state index contributed by atoms with van der Waals surface area (Å²) in [5, 5.41) is 0. The molecule has 0 unspecified atom stereocenters. The quantitative estimate of drug-likeness (QED) is 0.799. The Morgan fingerprint density at radius 2 is 1.89 bits per heavy atom. The number of Topliss-reactive ketones (excluding diaryl/α,β-unsaturated/α-hetero) is 1. The van der Waals surface area contributed by atoms with E-state index in [0.717, 1.165) is 23.0 Å². The highest BCUT2D eigenvalue weighted by Crippen LogP contribution is 2.32. The number of benzene rings is 1. The number of halogens is 1. The van der Waals surface area contributed by atoms with Gasteiger partial charge in [0.25, 0.3) is 11.7 Å². The number of rotatable bonds is 4. The van der Waals surface area contributed by atoms with Gasteiger partial charge in [0, 0.05) is 11.0 Å². The van der Waals surface area contributed by atoms with E-state index in [1.54, 1.807) is 17.0 Å². The molecule has 96 valence electrons. The molecule has 18 heavy (non-hydrogen) atoms. The number of anilines is 1. The second kappa shape index (κ2) is 5.22. The molecule has 1 aliphatic rings. The average Bonchev–Trinajstić information content (AvgIpc) is 2.60. The standard InChI is InChI=1S/C14H16BrNO2/c1-3-9(4-2)8-16-12-7-10(15)5-6-11(12)13(17)14(16)18/h5-7,9H,3-4,8H2,1-2H3. The van der Waals surface area contributed by atoms with Crippen LogP contribution in [0.3, 0.4) is 0 Å². The molecule has 1 heterocycles. The first-order chi connectivity index (χ1) is 8.58. The van der Waals surface area contributed by atoms with E-state index < -0.39 is 5.91 Å². The summed E-state index contributed by atoms with van der Waals surface area (Å²) in [5.41, 5.74) is 1.26. The van der Waals surface area contributed by atoms with Crippen molar-refractivity contribution >= 4 is 33.3 Å². The minimum atomic E-state index is -0.394. The zero-order valence-corrected chi connectivity index (χ0v) is 12.2. The second-order valence-corrected chi connectivity index (χ2v) is 5.50. The summed E-state index contributed by atoms with van der Waals surface area (Å²) in [5.74, 6) is -0.342. The Kier molecular flexibility index (Phi) is 3.85. The van der Waals surface area contributed by atoms with E-state index in [-0.39, 0.29) is 5.78 Å². The average molecular weight is 310 g/mol. The number of carbonyl (C=O) groups is 2. The minimum absolute atomic E-state index is 0.386.